The zero-order valence-corrected chi connectivity index (χ0v) is 18.2. The summed E-state index contributed by atoms with van der Waals surface area (Å²) < 4.78 is 5.53. The normalized spacial score (nSPS) is 22.1. The van der Waals surface area contributed by atoms with Gasteiger partial charge in [0.1, 0.15) is 5.75 Å². The second-order valence-corrected chi connectivity index (χ2v) is 9.34. The van der Waals surface area contributed by atoms with Crippen molar-refractivity contribution in [1.82, 2.24) is 14.9 Å². The Morgan fingerprint density at radius 3 is 2.10 bits per heavy atom. The van der Waals surface area contributed by atoms with Crippen LogP contribution in [0.2, 0.25) is 0 Å². The monoisotopic (exact) mass is 406 g/mol. The van der Waals surface area contributed by atoms with E-state index in [-0.39, 0.29) is 0 Å². The maximum Gasteiger partial charge on any atom is 0.225 e. The van der Waals surface area contributed by atoms with E-state index in [1.54, 1.807) is 0 Å². The quantitative estimate of drug-likeness (QED) is 0.715. The Morgan fingerprint density at radius 1 is 0.900 bits per heavy atom. The van der Waals surface area contributed by atoms with Gasteiger partial charge in [-0.05, 0) is 81.6 Å². The Bertz CT molecular complexity index is 813. The molecule has 0 bridgehead atoms. The van der Waals surface area contributed by atoms with Crippen LogP contribution in [0, 0.1) is 5.41 Å². The van der Waals surface area contributed by atoms with E-state index in [9.17, 15) is 0 Å². The van der Waals surface area contributed by atoms with Crippen LogP contribution in [0.25, 0.3) is 11.1 Å². The molecule has 5 heteroatoms. The van der Waals surface area contributed by atoms with Crippen LogP contribution in [0.1, 0.15) is 51.9 Å². The van der Waals surface area contributed by atoms with Gasteiger partial charge < -0.3 is 14.5 Å². The SMILES string of the molecule is CCOc1ccc(-c2cnc(N3CCC4(CC3)CCN(C3CCC3)CC4)nc2)cc1. The molecule has 2 aliphatic heterocycles. The Labute approximate surface area is 180 Å². The Kier molecular flexibility index (Phi) is 5.64. The summed E-state index contributed by atoms with van der Waals surface area (Å²) in [6, 6.07) is 9.07. The maximum atomic E-state index is 5.53. The smallest absolute Gasteiger partial charge is 0.225 e. The van der Waals surface area contributed by atoms with Crippen molar-refractivity contribution in [2.45, 2.75) is 57.9 Å². The first-order valence-corrected chi connectivity index (χ1v) is 11.8. The van der Waals surface area contributed by atoms with E-state index in [2.05, 4.69) is 21.9 Å². The lowest BCUT2D eigenvalue weighted by Gasteiger charge is -2.49. The van der Waals surface area contributed by atoms with E-state index in [0.717, 1.165) is 42.0 Å². The van der Waals surface area contributed by atoms with E-state index in [0.29, 0.717) is 12.0 Å². The van der Waals surface area contributed by atoms with Crippen molar-refractivity contribution in [2.75, 3.05) is 37.7 Å². The third-order valence-electron chi connectivity index (χ3n) is 7.69. The molecule has 5 rings (SSSR count). The van der Waals surface area contributed by atoms with E-state index < -0.39 is 0 Å². The van der Waals surface area contributed by atoms with Gasteiger partial charge in [0.25, 0.3) is 0 Å². The van der Waals surface area contributed by atoms with E-state index in [1.165, 1.54) is 58.0 Å². The maximum absolute atomic E-state index is 5.53. The van der Waals surface area contributed by atoms with E-state index in [1.807, 2.05) is 31.5 Å². The molecule has 30 heavy (non-hydrogen) atoms. The number of rotatable bonds is 5. The third-order valence-corrected chi connectivity index (χ3v) is 7.69. The predicted molar refractivity (Wildman–Crippen MR) is 121 cm³/mol. The molecule has 2 saturated heterocycles. The van der Waals surface area contributed by atoms with Gasteiger partial charge in [0.15, 0.2) is 0 Å². The van der Waals surface area contributed by atoms with Gasteiger partial charge in [0.05, 0.1) is 6.61 Å². The van der Waals surface area contributed by atoms with Gasteiger partial charge >= 0.3 is 0 Å². The van der Waals surface area contributed by atoms with Crippen LogP contribution in [0.5, 0.6) is 5.75 Å². The summed E-state index contributed by atoms with van der Waals surface area (Å²) in [6.45, 7) is 7.50. The van der Waals surface area contributed by atoms with Gasteiger partial charge in [-0.15, -0.1) is 0 Å². The molecule has 2 aromatic rings. The van der Waals surface area contributed by atoms with Crippen molar-refractivity contribution in [1.29, 1.82) is 0 Å². The first-order valence-electron chi connectivity index (χ1n) is 11.8. The minimum absolute atomic E-state index is 0.568. The molecule has 0 N–H and O–H groups in total. The lowest BCUT2D eigenvalue weighted by Crippen LogP contribution is -2.51. The van der Waals surface area contributed by atoms with Crippen LogP contribution >= 0.6 is 0 Å². The van der Waals surface area contributed by atoms with Gasteiger partial charge in [0.2, 0.25) is 5.95 Å². The van der Waals surface area contributed by atoms with Gasteiger partial charge in [-0.2, -0.15) is 0 Å². The third kappa shape index (κ3) is 4.04. The fourth-order valence-electron chi connectivity index (χ4n) is 5.34. The largest absolute Gasteiger partial charge is 0.494 e. The number of ether oxygens (including phenoxy) is 1. The average Bonchev–Trinajstić information content (AvgIpc) is 2.76. The van der Waals surface area contributed by atoms with Crippen LogP contribution < -0.4 is 9.64 Å². The molecule has 1 aliphatic carbocycles. The molecular formula is C25H34N4O. The van der Waals surface area contributed by atoms with Crippen molar-refractivity contribution in [3.63, 3.8) is 0 Å². The summed E-state index contributed by atoms with van der Waals surface area (Å²) in [7, 11) is 0. The van der Waals surface area contributed by atoms with Crippen LogP contribution in [0.15, 0.2) is 36.7 Å². The number of benzene rings is 1. The van der Waals surface area contributed by atoms with Gasteiger partial charge in [-0.3, -0.25) is 0 Å². The van der Waals surface area contributed by atoms with Gasteiger partial charge in [0, 0.05) is 37.1 Å². The molecule has 0 atom stereocenters. The minimum atomic E-state index is 0.568. The molecule has 3 heterocycles. The van der Waals surface area contributed by atoms with Crippen LogP contribution in [0.4, 0.5) is 5.95 Å². The fraction of sp³-hybridized carbons (Fsp3) is 0.600. The molecule has 0 unspecified atom stereocenters. The molecule has 1 aromatic carbocycles. The summed E-state index contributed by atoms with van der Waals surface area (Å²) in [5.74, 6) is 1.78. The number of hydrogen-bond donors (Lipinski definition) is 0. The number of nitrogens with zero attached hydrogens (tertiary/aromatic N) is 4. The highest BCUT2D eigenvalue weighted by Gasteiger charge is 2.40. The number of likely N-dealkylation sites (tertiary alicyclic amines) is 1. The number of piperidine rings is 2. The summed E-state index contributed by atoms with van der Waals surface area (Å²) in [4.78, 5) is 14.5. The Balaban J connectivity index is 1.16. The summed E-state index contributed by atoms with van der Waals surface area (Å²) in [5.41, 5.74) is 2.75. The molecule has 0 amide bonds. The fourth-order valence-corrected chi connectivity index (χ4v) is 5.34. The molecule has 3 fully saturated rings. The number of anilines is 1. The van der Waals surface area contributed by atoms with Gasteiger partial charge in [-0.1, -0.05) is 18.6 Å². The topological polar surface area (TPSA) is 41.5 Å². The molecule has 5 nitrogen and oxygen atoms in total. The first kappa shape index (κ1) is 19.8. The van der Waals surface area contributed by atoms with Crippen molar-refractivity contribution < 1.29 is 4.74 Å². The highest BCUT2D eigenvalue weighted by molar-refractivity contribution is 5.63. The molecule has 0 radical (unpaired) electrons. The van der Waals surface area contributed by atoms with Crippen molar-refractivity contribution >= 4 is 5.95 Å². The van der Waals surface area contributed by atoms with E-state index in [4.69, 9.17) is 14.7 Å². The summed E-state index contributed by atoms with van der Waals surface area (Å²) >= 11 is 0. The minimum Gasteiger partial charge on any atom is -0.494 e. The lowest BCUT2D eigenvalue weighted by molar-refractivity contribution is 0.0304. The highest BCUT2D eigenvalue weighted by Crippen LogP contribution is 2.43. The first-order chi connectivity index (χ1) is 14.7. The molecule has 1 saturated carbocycles. The van der Waals surface area contributed by atoms with Crippen molar-refractivity contribution in [3.8, 4) is 16.9 Å². The molecule has 3 aliphatic rings. The van der Waals surface area contributed by atoms with E-state index >= 15 is 0 Å². The highest BCUT2D eigenvalue weighted by atomic mass is 16.5. The zero-order valence-electron chi connectivity index (χ0n) is 18.2. The van der Waals surface area contributed by atoms with Crippen LogP contribution in [-0.4, -0.2) is 53.7 Å². The Morgan fingerprint density at radius 2 is 1.53 bits per heavy atom. The van der Waals surface area contributed by atoms with Crippen molar-refractivity contribution in [3.05, 3.63) is 36.7 Å². The van der Waals surface area contributed by atoms with Gasteiger partial charge in [-0.25, -0.2) is 9.97 Å². The average molecular weight is 407 g/mol. The molecular weight excluding hydrogens is 372 g/mol. The van der Waals surface area contributed by atoms with Crippen molar-refractivity contribution in [2.24, 2.45) is 5.41 Å². The summed E-state index contributed by atoms with van der Waals surface area (Å²) in [6.07, 6.45) is 13.6. The standard InChI is InChI=1S/C25H34N4O/c1-2-30-23-8-6-20(7-9-23)21-18-26-24(27-19-21)29-16-12-25(13-17-29)10-14-28(15-11-25)22-4-3-5-22/h6-9,18-19,22H,2-5,10-17H2,1H3. The van der Waals surface area contributed by atoms with Crippen LogP contribution in [-0.2, 0) is 0 Å². The second-order valence-electron chi connectivity index (χ2n) is 9.34. The molecule has 1 spiro atoms. The summed E-state index contributed by atoms with van der Waals surface area (Å²) in [5, 5.41) is 0. The molecule has 1 aromatic heterocycles. The lowest BCUT2D eigenvalue weighted by atomic mass is 9.70. The van der Waals surface area contributed by atoms with Crippen LogP contribution in [0.3, 0.4) is 0 Å². The number of aromatic nitrogens is 2. The predicted octanol–water partition coefficient (Wildman–Crippen LogP) is 4.78. The second kappa shape index (κ2) is 8.54. The Hall–Kier alpha value is -2.14. The zero-order chi connectivity index (χ0) is 20.4. The number of hydrogen-bond acceptors (Lipinski definition) is 5. The molecule has 160 valence electrons.